The number of anilines is 2. The Labute approximate surface area is 276 Å². The molecule has 0 radical (unpaired) electrons. The molecule has 0 saturated carbocycles. The molecule has 5 rings (SSSR count). The quantitative estimate of drug-likeness (QED) is 0.214. The number of piperazine rings is 1. The predicted molar refractivity (Wildman–Crippen MR) is 184 cm³/mol. The molecule has 1 aliphatic heterocycles. The van der Waals surface area contributed by atoms with E-state index in [1.54, 1.807) is 62.2 Å². The summed E-state index contributed by atoms with van der Waals surface area (Å²) in [5, 5.41) is 2.98. The molecule has 0 atom stereocenters. The van der Waals surface area contributed by atoms with E-state index in [9.17, 15) is 14.4 Å². The van der Waals surface area contributed by atoms with Gasteiger partial charge in [-0.15, -0.1) is 0 Å². The number of likely N-dealkylation sites (N-methyl/N-ethyl adjacent to an activating group) is 1. The number of nitrogens with zero attached hydrogens (tertiary/aromatic N) is 5. The molecule has 0 aliphatic carbocycles. The molecule has 1 saturated heterocycles. The molecule has 1 aliphatic rings. The van der Waals surface area contributed by atoms with Crippen molar-refractivity contribution in [3.05, 3.63) is 77.4 Å². The van der Waals surface area contributed by atoms with Crippen molar-refractivity contribution in [1.82, 2.24) is 19.4 Å². The Morgan fingerprint density at radius 2 is 1.70 bits per heavy atom. The van der Waals surface area contributed by atoms with E-state index in [0.29, 0.717) is 58.3 Å². The maximum Gasteiger partial charge on any atom is 0.296 e. The van der Waals surface area contributed by atoms with Crippen molar-refractivity contribution in [3.63, 3.8) is 0 Å². The SMILES string of the molecule is COc1nc2cccc(C(=O)N(C)c3cccc(C(=O)Nc4ccc(C)cc4OCCCCCC(=O)N4CCN(C)CC4)c3)c2n1C. The number of benzene rings is 3. The predicted octanol–water partition coefficient (Wildman–Crippen LogP) is 5.13. The Bertz CT molecular complexity index is 1740. The largest absolute Gasteiger partial charge is 0.491 e. The lowest BCUT2D eigenvalue weighted by Crippen LogP contribution is -2.47. The number of carbonyl (C=O) groups is 3. The average molecular weight is 641 g/mol. The minimum Gasteiger partial charge on any atom is -0.491 e. The van der Waals surface area contributed by atoms with Gasteiger partial charge >= 0.3 is 0 Å². The summed E-state index contributed by atoms with van der Waals surface area (Å²) in [6.07, 6.45) is 3.07. The third kappa shape index (κ3) is 7.91. The van der Waals surface area contributed by atoms with Gasteiger partial charge in [0.25, 0.3) is 17.8 Å². The molecule has 4 aromatic rings. The Kier molecular flexibility index (Phi) is 10.8. The second kappa shape index (κ2) is 15.1. The number of rotatable bonds is 12. The van der Waals surface area contributed by atoms with Gasteiger partial charge < -0.3 is 29.5 Å². The van der Waals surface area contributed by atoms with Gasteiger partial charge in [-0.1, -0.05) is 18.2 Å². The van der Waals surface area contributed by atoms with Gasteiger partial charge in [0, 0.05) is 57.9 Å². The molecule has 1 fully saturated rings. The lowest BCUT2D eigenvalue weighted by Gasteiger charge is -2.32. The van der Waals surface area contributed by atoms with E-state index >= 15 is 0 Å². The number of ether oxygens (including phenoxy) is 2. The van der Waals surface area contributed by atoms with E-state index in [2.05, 4.69) is 22.2 Å². The van der Waals surface area contributed by atoms with E-state index in [1.165, 1.54) is 4.90 Å². The summed E-state index contributed by atoms with van der Waals surface area (Å²) in [6, 6.07) is 18.4. The van der Waals surface area contributed by atoms with Crippen LogP contribution in [0.3, 0.4) is 0 Å². The third-order valence-electron chi connectivity index (χ3n) is 8.60. The summed E-state index contributed by atoms with van der Waals surface area (Å²) in [7, 11) is 7.11. The molecule has 0 spiro atoms. The highest BCUT2D eigenvalue weighted by molar-refractivity contribution is 6.13. The van der Waals surface area contributed by atoms with Crippen LogP contribution in [-0.4, -0.2) is 91.1 Å². The van der Waals surface area contributed by atoms with Crippen LogP contribution in [0.5, 0.6) is 11.8 Å². The monoisotopic (exact) mass is 640 g/mol. The van der Waals surface area contributed by atoms with Gasteiger partial charge in [0.1, 0.15) is 5.75 Å². The van der Waals surface area contributed by atoms with Crippen LogP contribution < -0.4 is 19.7 Å². The maximum atomic E-state index is 13.6. The molecule has 0 bridgehead atoms. The van der Waals surface area contributed by atoms with Crippen molar-refractivity contribution in [2.75, 3.05) is 64.2 Å². The highest BCUT2D eigenvalue weighted by Crippen LogP contribution is 2.29. The zero-order valence-corrected chi connectivity index (χ0v) is 27.9. The topological polar surface area (TPSA) is 109 Å². The number of imidazole rings is 1. The van der Waals surface area contributed by atoms with Gasteiger partial charge in [0.15, 0.2) is 0 Å². The fourth-order valence-corrected chi connectivity index (χ4v) is 5.75. The molecule has 3 amide bonds. The molecule has 0 unspecified atom stereocenters. The summed E-state index contributed by atoms with van der Waals surface area (Å²) in [5.74, 6) is 0.266. The minimum atomic E-state index is -0.317. The fraction of sp³-hybridized carbons (Fsp3) is 0.389. The van der Waals surface area contributed by atoms with Gasteiger partial charge in [-0.25, -0.2) is 0 Å². The number of aromatic nitrogens is 2. The van der Waals surface area contributed by atoms with Crippen molar-refractivity contribution in [2.24, 2.45) is 7.05 Å². The molecular formula is C36H44N6O5. The number of unbranched alkanes of at least 4 members (excludes halogenated alkanes) is 2. The van der Waals surface area contributed by atoms with Gasteiger partial charge in [-0.3, -0.25) is 19.0 Å². The Morgan fingerprint density at radius 3 is 2.47 bits per heavy atom. The summed E-state index contributed by atoms with van der Waals surface area (Å²) < 4.78 is 13.2. The number of hydrogen-bond acceptors (Lipinski definition) is 7. The van der Waals surface area contributed by atoms with Gasteiger partial charge in [0.05, 0.1) is 36.0 Å². The Hall–Kier alpha value is -4.90. The first-order valence-electron chi connectivity index (χ1n) is 16.0. The van der Waals surface area contributed by atoms with Crippen LogP contribution in [0.2, 0.25) is 0 Å². The number of nitrogens with one attached hydrogen (secondary N) is 1. The van der Waals surface area contributed by atoms with Crippen molar-refractivity contribution in [1.29, 1.82) is 0 Å². The van der Waals surface area contributed by atoms with E-state index < -0.39 is 0 Å². The summed E-state index contributed by atoms with van der Waals surface area (Å²) in [5.41, 5.74) is 4.35. The van der Waals surface area contributed by atoms with Crippen LogP contribution >= 0.6 is 0 Å². The standard InChI is InChI=1S/C36H44N6O5/c1-25-16-17-29(31(23-25)47-22-8-6-7-15-32(43)42-20-18-39(2)19-21-42)37-34(44)26-11-9-12-27(24-26)40(3)35(45)28-13-10-14-30-33(28)41(4)36(38-30)46-5/h9-14,16-17,23-24H,6-8,15,18-22H2,1-5H3,(H,37,44). The number of methoxy groups -OCH3 is 1. The van der Waals surface area contributed by atoms with Crippen LogP contribution in [0.4, 0.5) is 11.4 Å². The Balaban J connectivity index is 1.18. The molecule has 248 valence electrons. The zero-order valence-electron chi connectivity index (χ0n) is 27.9. The van der Waals surface area contributed by atoms with Crippen molar-refractivity contribution in [3.8, 4) is 11.8 Å². The second-order valence-electron chi connectivity index (χ2n) is 12.0. The number of para-hydroxylation sites is 1. The number of hydrogen-bond donors (Lipinski definition) is 1. The normalized spacial score (nSPS) is 13.4. The first-order valence-corrected chi connectivity index (χ1v) is 16.0. The van der Waals surface area contributed by atoms with Gasteiger partial charge in [0.2, 0.25) is 5.91 Å². The zero-order chi connectivity index (χ0) is 33.5. The number of fused-ring (bicyclic) bond motifs is 1. The fourth-order valence-electron chi connectivity index (χ4n) is 5.75. The molecule has 11 heteroatoms. The maximum absolute atomic E-state index is 13.6. The van der Waals surface area contributed by atoms with Crippen LogP contribution in [0, 0.1) is 6.92 Å². The van der Waals surface area contributed by atoms with Crippen LogP contribution in [-0.2, 0) is 11.8 Å². The van der Waals surface area contributed by atoms with Crippen molar-refractivity contribution >= 4 is 40.1 Å². The molecular weight excluding hydrogens is 596 g/mol. The summed E-state index contributed by atoms with van der Waals surface area (Å²) in [6.45, 7) is 5.92. The minimum absolute atomic E-state index is 0.230. The van der Waals surface area contributed by atoms with Gasteiger partial charge in [-0.05, 0) is 81.3 Å². The van der Waals surface area contributed by atoms with Crippen LogP contribution in [0.1, 0.15) is 52.0 Å². The smallest absolute Gasteiger partial charge is 0.296 e. The van der Waals surface area contributed by atoms with E-state index in [-0.39, 0.29) is 17.7 Å². The van der Waals surface area contributed by atoms with Crippen molar-refractivity contribution < 1.29 is 23.9 Å². The van der Waals surface area contributed by atoms with Crippen molar-refractivity contribution in [2.45, 2.75) is 32.6 Å². The average Bonchev–Trinajstić information content (AvgIpc) is 3.42. The highest BCUT2D eigenvalue weighted by Gasteiger charge is 2.22. The first-order chi connectivity index (χ1) is 22.7. The van der Waals surface area contributed by atoms with E-state index in [4.69, 9.17) is 9.47 Å². The van der Waals surface area contributed by atoms with E-state index in [1.807, 2.05) is 36.1 Å². The number of amides is 3. The first kappa shape index (κ1) is 33.5. The molecule has 1 aromatic heterocycles. The molecule has 2 heterocycles. The molecule has 11 nitrogen and oxygen atoms in total. The lowest BCUT2D eigenvalue weighted by molar-refractivity contribution is -0.132. The van der Waals surface area contributed by atoms with Gasteiger partial charge in [-0.2, -0.15) is 4.98 Å². The number of aryl methyl sites for hydroxylation is 2. The van der Waals surface area contributed by atoms with E-state index in [0.717, 1.165) is 51.0 Å². The number of carbonyl (C=O) groups excluding carboxylic acids is 3. The molecule has 3 aromatic carbocycles. The summed E-state index contributed by atoms with van der Waals surface area (Å²) >= 11 is 0. The summed E-state index contributed by atoms with van der Waals surface area (Å²) in [4.78, 5) is 49.7. The third-order valence-corrected chi connectivity index (χ3v) is 8.60. The van der Waals surface area contributed by atoms with Crippen LogP contribution in [0.15, 0.2) is 60.7 Å². The highest BCUT2D eigenvalue weighted by atomic mass is 16.5. The lowest BCUT2D eigenvalue weighted by atomic mass is 10.1. The molecule has 47 heavy (non-hydrogen) atoms. The Morgan fingerprint density at radius 1 is 0.936 bits per heavy atom. The second-order valence-corrected chi connectivity index (χ2v) is 12.0. The van der Waals surface area contributed by atoms with Crippen LogP contribution in [0.25, 0.3) is 11.0 Å². The molecule has 1 N–H and O–H groups in total.